The molecule has 4 atom stereocenters. The van der Waals surface area contributed by atoms with Crippen LogP contribution in [0.4, 0.5) is 13.2 Å². The van der Waals surface area contributed by atoms with E-state index in [-0.39, 0.29) is 5.91 Å². The Morgan fingerprint density at radius 3 is 2.18 bits per heavy atom. The van der Waals surface area contributed by atoms with E-state index in [1.807, 2.05) is 18.2 Å². The molecule has 2 amide bonds. The van der Waals surface area contributed by atoms with Crippen LogP contribution in [0.15, 0.2) is 36.4 Å². The topological polar surface area (TPSA) is 122 Å². The van der Waals surface area contributed by atoms with E-state index in [9.17, 15) is 27.6 Å². The van der Waals surface area contributed by atoms with Gasteiger partial charge in [-0.05, 0) is 36.2 Å². The number of amides is 2. The number of likely N-dealkylation sites (tertiary alicyclic amines) is 1. The number of carboxylic acids is 1. The Hall–Kier alpha value is -3.35. The Morgan fingerprint density at radius 2 is 1.67 bits per heavy atom. The molecule has 210 valence electrons. The Morgan fingerprint density at radius 1 is 1.05 bits per heavy atom. The highest BCUT2D eigenvalue weighted by Crippen LogP contribution is 2.49. The molecule has 2 fully saturated rings. The van der Waals surface area contributed by atoms with E-state index in [2.05, 4.69) is 5.32 Å². The fourth-order valence-corrected chi connectivity index (χ4v) is 5.07. The minimum Gasteiger partial charge on any atom is -0.496 e. The molecule has 2 saturated heterocycles. The van der Waals surface area contributed by atoms with Gasteiger partial charge in [0.15, 0.2) is 0 Å². The highest BCUT2D eigenvalue weighted by Gasteiger charge is 2.66. The van der Waals surface area contributed by atoms with Crippen LogP contribution in [0.25, 0.3) is 11.1 Å². The second-order valence-electron chi connectivity index (χ2n) is 8.95. The number of carboxylic acid groups (broad SMARTS) is 1. The molecule has 0 aliphatic carbocycles. The maximum atomic E-state index is 12.9. The van der Waals surface area contributed by atoms with E-state index in [0.717, 1.165) is 16.0 Å². The highest BCUT2D eigenvalue weighted by molar-refractivity contribution is 6.42. The molecular formula is C25H23Cl2F3N2O7. The van der Waals surface area contributed by atoms with Crippen LogP contribution in [0.5, 0.6) is 5.75 Å². The first kappa shape index (κ1) is 30.2. The van der Waals surface area contributed by atoms with Crippen LogP contribution in [-0.2, 0) is 23.9 Å². The van der Waals surface area contributed by atoms with Crippen molar-refractivity contribution in [1.29, 1.82) is 0 Å². The summed E-state index contributed by atoms with van der Waals surface area (Å²) in [5.41, 5.74) is 0.971. The number of ether oxygens (including phenoxy) is 2. The summed E-state index contributed by atoms with van der Waals surface area (Å²) in [7, 11) is 4.24. The fraction of sp³-hybridized carbons (Fsp3) is 0.360. The van der Waals surface area contributed by atoms with Crippen molar-refractivity contribution in [3.05, 3.63) is 52.0 Å². The number of fused-ring (bicyclic) bond motifs is 1. The summed E-state index contributed by atoms with van der Waals surface area (Å²) in [5, 5.41) is 11.2. The molecule has 4 rings (SSSR count). The lowest BCUT2D eigenvalue weighted by atomic mass is 9.80. The number of alkyl halides is 3. The largest absolute Gasteiger partial charge is 0.496 e. The van der Waals surface area contributed by atoms with Crippen molar-refractivity contribution in [2.24, 2.45) is 11.8 Å². The van der Waals surface area contributed by atoms with Crippen LogP contribution in [0.3, 0.4) is 0 Å². The molecule has 0 spiro atoms. The summed E-state index contributed by atoms with van der Waals surface area (Å²) in [4.78, 5) is 48.4. The van der Waals surface area contributed by atoms with Gasteiger partial charge in [0, 0.05) is 18.7 Å². The standard InChI is InChI=1S/C23H22Cl2N2O5.C2HF3O2/c1-23(22(30)32-4)18-17(20(28)27(2)21(18)29)19(26-23)12-5-7-13(16(10-12)31-3)11-6-8-14(24)15(25)9-11;3-2(4,5)1(6)7/h5-10,17-19,26H,1-4H3;(H,6,7)/t17-,18-,19-,23-;/m1./s1. The molecular weight excluding hydrogens is 568 g/mol. The number of rotatable bonds is 4. The summed E-state index contributed by atoms with van der Waals surface area (Å²) in [6, 6.07) is 10.2. The SMILES string of the molecule is COC(=O)[C@]1(C)N[C@H](c2ccc(-c3ccc(Cl)c(Cl)c3)c(OC)c2)[C@@H]2C(=O)N(C)C(=O)[C@@H]21.O=C(O)C(F)(F)F. The van der Waals surface area contributed by atoms with Gasteiger partial charge in [0.05, 0.1) is 36.1 Å². The first-order chi connectivity index (χ1) is 18.1. The van der Waals surface area contributed by atoms with Crippen LogP contribution in [0, 0.1) is 11.8 Å². The van der Waals surface area contributed by atoms with Gasteiger partial charge in [0.25, 0.3) is 0 Å². The lowest BCUT2D eigenvalue weighted by molar-refractivity contribution is -0.192. The monoisotopic (exact) mass is 590 g/mol. The van der Waals surface area contributed by atoms with Gasteiger partial charge in [-0.3, -0.25) is 24.6 Å². The number of benzene rings is 2. The first-order valence-corrected chi connectivity index (χ1v) is 11.9. The van der Waals surface area contributed by atoms with Crippen molar-refractivity contribution in [3.63, 3.8) is 0 Å². The third-order valence-corrected chi connectivity index (χ3v) is 7.41. The van der Waals surface area contributed by atoms with E-state index in [1.54, 1.807) is 32.2 Å². The number of hydrogen-bond acceptors (Lipinski definition) is 7. The Bertz CT molecular complexity index is 1340. The molecule has 2 aliphatic rings. The van der Waals surface area contributed by atoms with Crippen LogP contribution in [-0.4, -0.2) is 66.7 Å². The predicted molar refractivity (Wildman–Crippen MR) is 133 cm³/mol. The van der Waals surface area contributed by atoms with Crippen molar-refractivity contribution in [3.8, 4) is 16.9 Å². The second-order valence-corrected chi connectivity index (χ2v) is 9.76. The minimum atomic E-state index is -5.08. The van der Waals surface area contributed by atoms with Gasteiger partial charge in [0.1, 0.15) is 11.3 Å². The number of carbonyl (C=O) groups excluding carboxylic acids is 3. The molecule has 9 nitrogen and oxygen atoms in total. The number of nitrogens with zero attached hydrogens (tertiary/aromatic N) is 1. The van der Waals surface area contributed by atoms with Crippen LogP contribution < -0.4 is 10.1 Å². The molecule has 2 heterocycles. The van der Waals surface area contributed by atoms with Crippen molar-refractivity contribution in [1.82, 2.24) is 10.2 Å². The molecule has 14 heteroatoms. The molecule has 39 heavy (non-hydrogen) atoms. The number of hydrogen-bond donors (Lipinski definition) is 2. The maximum absolute atomic E-state index is 12.9. The third kappa shape index (κ3) is 5.54. The van der Waals surface area contributed by atoms with Crippen LogP contribution in [0.2, 0.25) is 10.0 Å². The van der Waals surface area contributed by atoms with Crippen LogP contribution >= 0.6 is 23.2 Å². The molecule has 0 saturated carbocycles. The summed E-state index contributed by atoms with van der Waals surface area (Å²) < 4.78 is 42.3. The van der Waals surface area contributed by atoms with E-state index < -0.39 is 47.4 Å². The average Bonchev–Trinajstić information content (AvgIpc) is 3.33. The van der Waals surface area contributed by atoms with E-state index >= 15 is 0 Å². The molecule has 0 unspecified atom stereocenters. The molecule has 0 radical (unpaired) electrons. The summed E-state index contributed by atoms with van der Waals surface area (Å²) >= 11 is 12.2. The Balaban J connectivity index is 0.000000532. The van der Waals surface area contributed by atoms with Gasteiger partial charge in [-0.15, -0.1) is 0 Å². The van der Waals surface area contributed by atoms with Gasteiger partial charge >= 0.3 is 18.1 Å². The zero-order valence-corrected chi connectivity index (χ0v) is 22.4. The lowest BCUT2D eigenvalue weighted by Crippen LogP contribution is -2.53. The van der Waals surface area contributed by atoms with E-state index in [1.165, 1.54) is 14.2 Å². The number of aliphatic carboxylic acids is 1. The summed E-state index contributed by atoms with van der Waals surface area (Å²) in [6.07, 6.45) is -5.08. The number of carbonyl (C=O) groups is 4. The lowest BCUT2D eigenvalue weighted by Gasteiger charge is -2.28. The first-order valence-electron chi connectivity index (χ1n) is 11.2. The quantitative estimate of drug-likeness (QED) is 0.403. The highest BCUT2D eigenvalue weighted by atomic mass is 35.5. The van der Waals surface area contributed by atoms with Crippen LogP contribution in [0.1, 0.15) is 18.5 Å². The number of esters is 1. The second kappa shape index (κ2) is 11.0. The van der Waals surface area contributed by atoms with Crippen molar-refractivity contribution in [2.45, 2.75) is 24.7 Å². The fourth-order valence-electron chi connectivity index (χ4n) is 4.77. The Labute approximate surface area is 230 Å². The van der Waals surface area contributed by atoms with Crippen molar-refractivity contribution >= 4 is 47.0 Å². The molecule has 2 aliphatic heterocycles. The predicted octanol–water partition coefficient (Wildman–Crippen LogP) is 4.11. The van der Waals surface area contributed by atoms with E-state index in [0.29, 0.717) is 21.4 Å². The molecule has 0 bridgehead atoms. The zero-order chi connectivity index (χ0) is 29.4. The molecule has 0 aromatic heterocycles. The number of methoxy groups -OCH3 is 2. The van der Waals surface area contributed by atoms with Crippen molar-refractivity contribution in [2.75, 3.05) is 21.3 Å². The number of imide groups is 1. The van der Waals surface area contributed by atoms with E-state index in [4.69, 9.17) is 42.6 Å². The Kier molecular flexibility index (Phi) is 8.54. The normalized spacial score (nSPS) is 24.1. The van der Waals surface area contributed by atoms with Gasteiger partial charge < -0.3 is 14.6 Å². The molecule has 2 aromatic carbocycles. The maximum Gasteiger partial charge on any atom is 0.490 e. The van der Waals surface area contributed by atoms with Gasteiger partial charge in [-0.25, -0.2) is 4.79 Å². The van der Waals surface area contributed by atoms with Gasteiger partial charge in [-0.1, -0.05) is 41.4 Å². The number of halogens is 5. The average molecular weight is 591 g/mol. The number of nitrogens with one attached hydrogen (secondary N) is 1. The third-order valence-electron chi connectivity index (χ3n) is 6.68. The summed E-state index contributed by atoms with van der Waals surface area (Å²) in [5.74, 6) is -5.13. The molecule has 2 N–H and O–H groups in total. The van der Waals surface area contributed by atoms with Gasteiger partial charge in [0.2, 0.25) is 11.8 Å². The minimum absolute atomic E-state index is 0.336. The molecule has 2 aromatic rings. The zero-order valence-electron chi connectivity index (χ0n) is 20.9. The smallest absolute Gasteiger partial charge is 0.490 e. The van der Waals surface area contributed by atoms with Gasteiger partial charge in [-0.2, -0.15) is 13.2 Å². The van der Waals surface area contributed by atoms with Crippen molar-refractivity contribution < 1.29 is 46.9 Å². The summed E-state index contributed by atoms with van der Waals surface area (Å²) in [6.45, 7) is 1.60.